The van der Waals surface area contributed by atoms with Gasteiger partial charge >= 0.3 is 0 Å². The largest absolute Gasteiger partial charge is 0.396 e. The second kappa shape index (κ2) is 6.01. The molecule has 2 saturated heterocycles. The van der Waals surface area contributed by atoms with E-state index >= 15 is 0 Å². The van der Waals surface area contributed by atoms with E-state index in [1.165, 1.54) is 12.1 Å². The summed E-state index contributed by atoms with van der Waals surface area (Å²) in [7, 11) is 0. The van der Waals surface area contributed by atoms with Crippen LogP contribution in [0.25, 0.3) is 0 Å². The average molecular weight is 295 g/mol. The zero-order chi connectivity index (χ0) is 14.9. The highest BCUT2D eigenvalue weighted by Crippen LogP contribution is 2.31. The molecule has 0 amide bonds. The van der Waals surface area contributed by atoms with Gasteiger partial charge < -0.3 is 14.6 Å². The molecular weight excluding hydrogens is 273 g/mol. The van der Waals surface area contributed by atoms with Gasteiger partial charge in [0.2, 0.25) is 0 Å². The van der Waals surface area contributed by atoms with Gasteiger partial charge in [0.25, 0.3) is 0 Å². The predicted octanol–water partition coefficient (Wildman–Crippen LogP) is 1.60. The van der Waals surface area contributed by atoms with Crippen LogP contribution in [0.1, 0.15) is 18.6 Å². The third-order valence-corrected chi connectivity index (χ3v) is 4.29. The maximum atomic E-state index is 13.0. The topological polar surface area (TPSA) is 41.9 Å². The fourth-order valence-corrected chi connectivity index (χ4v) is 3.13. The number of morpholine rings is 1. The molecule has 0 bridgehead atoms. The molecule has 21 heavy (non-hydrogen) atoms. The number of hydrogen-bond donors (Lipinski definition) is 1. The Bertz CT molecular complexity index is 469. The molecule has 4 nitrogen and oxygen atoms in total. The molecule has 0 spiro atoms. The Hall–Kier alpha value is -1.01. The van der Waals surface area contributed by atoms with E-state index in [9.17, 15) is 9.50 Å². The van der Waals surface area contributed by atoms with Gasteiger partial charge in [-0.2, -0.15) is 0 Å². The number of hydrogen-bond acceptors (Lipinski definition) is 4. The number of aliphatic hydroxyl groups excluding tert-OH is 1. The van der Waals surface area contributed by atoms with Crippen molar-refractivity contribution in [3.05, 3.63) is 35.6 Å². The van der Waals surface area contributed by atoms with Gasteiger partial charge in [-0.1, -0.05) is 12.1 Å². The first kappa shape index (κ1) is 14.9. The molecule has 0 saturated carbocycles. The van der Waals surface area contributed by atoms with Crippen LogP contribution in [0.2, 0.25) is 0 Å². The number of rotatable bonds is 4. The van der Waals surface area contributed by atoms with E-state index in [4.69, 9.17) is 9.47 Å². The molecule has 2 atom stereocenters. The standard InChI is InChI=1S/C16H22FNO3/c1-12-6-18(8-16(9-19)10-20-11-16)7-15(21-12)13-2-4-14(17)5-3-13/h2-5,12,15,19H,6-11H2,1H3. The van der Waals surface area contributed by atoms with Crippen LogP contribution in [0.3, 0.4) is 0 Å². The minimum Gasteiger partial charge on any atom is -0.396 e. The monoisotopic (exact) mass is 295 g/mol. The van der Waals surface area contributed by atoms with Crippen molar-refractivity contribution in [1.82, 2.24) is 4.90 Å². The molecule has 0 radical (unpaired) electrons. The first-order valence-corrected chi connectivity index (χ1v) is 7.42. The summed E-state index contributed by atoms with van der Waals surface area (Å²) in [6.45, 7) is 5.87. The van der Waals surface area contributed by atoms with Crippen molar-refractivity contribution in [3.63, 3.8) is 0 Å². The number of halogens is 1. The molecule has 3 rings (SSSR count). The second-order valence-electron chi connectivity index (χ2n) is 6.33. The highest BCUT2D eigenvalue weighted by atomic mass is 19.1. The minimum atomic E-state index is -0.231. The Morgan fingerprint density at radius 2 is 2.00 bits per heavy atom. The summed E-state index contributed by atoms with van der Waals surface area (Å²) < 4.78 is 24.3. The molecular formula is C16H22FNO3. The Morgan fingerprint density at radius 1 is 1.29 bits per heavy atom. The number of benzene rings is 1. The predicted molar refractivity (Wildman–Crippen MR) is 76.5 cm³/mol. The average Bonchev–Trinajstić information content (AvgIpc) is 2.43. The Kier molecular flexibility index (Phi) is 4.26. The summed E-state index contributed by atoms with van der Waals surface area (Å²) >= 11 is 0. The summed E-state index contributed by atoms with van der Waals surface area (Å²) in [6.07, 6.45) is 0.0663. The molecule has 2 heterocycles. The fraction of sp³-hybridized carbons (Fsp3) is 0.625. The van der Waals surface area contributed by atoms with Gasteiger partial charge in [0.15, 0.2) is 0 Å². The zero-order valence-electron chi connectivity index (χ0n) is 12.3. The van der Waals surface area contributed by atoms with Gasteiger partial charge in [-0.25, -0.2) is 4.39 Å². The summed E-state index contributed by atoms with van der Waals surface area (Å²) in [6, 6.07) is 6.50. The fourth-order valence-electron chi connectivity index (χ4n) is 3.13. The van der Waals surface area contributed by atoms with Crippen LogP contribution in [0.4, 0.5) is 4.39 Å². The van der Waals surface area contributed by atoms with Crippen LogP contribution in [0.5, 0.6) is 0 Å². The van der Waals surface area contributed by atoms with Crippen molar-refractivity contribution in [1.29, 1.82) is 0 Å². The van der Waals surface area contributed by atoms with Gasteiger partial charge in [0.05, 0.1) is 37.4 Å². The maximum Gasteiger partial charge on any atom is 0.123 e. The van der Waals surface area contributed by atoms with Crippen LogP contribution in [0.15, 0.2) is 24.3 Å². The van der Waals surface area contributed by atoms with E-state index in [-0.39, 0.29) is 30.0 Å². The first-order chi connectivity index (χ1) is 10.1. The summed E-state index contributed by atoms with van der Waals surface area (Å²) in [5, 5.41) is 9.57. The normalized spacial score (nSPS) is 29.1. The van der Waals surface area contributed by atoms with Crippen molar-refractivity contribution in [3.8, 4) is 0 Å². The van der Waals surface area contributed by atoms with Gasteiger partial charge in [0, 0.05) is 19.6 Å². The lowest BCUT2D eigenvalue weighted by Gasteiger charge is -2.46. The van der Waals surface area contributed by atoms with E-state index in [1.807, 2.05) is 6.92 Å². The van der Waals surface area contributed by atoms with E-state index in [2.05, 4.69) is 4.90 Å². The van der Waals surface area contributed by atoms with E-state index in [1.54, 1.807) is 12.1 Å². The molecule has 2 aliphatic rings. The van der Waals surface area contributed by atoms with Crippen LogP contribution in [-0.2, 0) is 9.47 Å². The van der Waals surface area contributed by atoms with Gasteiger partial charge in [-0.05, 0) is 24.6 Å². The molecule has 1 aromatic carbocycles. The lowest BCUT2D eigenvalue weighted by atomic mass is 9.86. The van der Waals surface area contributed by atoms with Crippen molar-refractivity contribution < 1.29 is 19.0 Å². The highest BCUT2D eigenvalue weighted by molar-refractivity contribution is 5.19. The van der Waals surface area contributed by atoms with E-state index in [0.29, 0.717) is 13.2 Å². The maximum absolute atomic E-state index is 13.0. The molecule has 1 N–H and O–H groups in total. The highest BCUT2D eigenvalue weighted by Gasteiger charge is 2.41. The molecule has 0 aromatic heterocycles. The van der Waals surface area contributed by atoms with Crippen molar-refractivity contribution in [2.75, 3.05) is 39.5 Å². The van der Waals surface area contributed by atoms with E-state index in [0.717, 1.165) is 25.2 Å². The SMILES string of the molecule is CC1CN(CC2(CO)COC2)CC(c2ccc(F)cc2)O1. The third-order valence-electron chi connectivity index (χ3n) is 4.29. The lowest BCUT2D eigenvalue weighted by molar-refractivity contribution is -0.165. The Morgan fingerprint density at radius 3 is 2.57 bits per heavy atom. The van der Waals surface area contributed by atoms with Crippen molar-refractivity contribution >= 4 is 0 Å². The molecule has 2 fully saturated rings. The van der Waals surface area contributed by atoms with Crippen LogP contribution >= 0.6 is 0 Å². The van der Waals surface area contributed by atoms with Crippen LogP contribution in [-0.4, -0.2) is 55.6 Å². The Balaban J connectivity index is 1.68. The number of ether oxygens (including phenoxy) is 2. The lowest BCUT2D eigenvalue weighted by Crippen LogP contribution is -2.56. The number of nitrogens with zero attached hydrogens (tertiary/aromatic N) is 1. The van der Waals surface area contributed by atoms with Crippen molar-refractivity contribution in [2.45, 2.75) is 19.1 Å². The molecule has 1 aromatic rings. The van der Waals surface area contributed by atoms with E-state index < -0.39 is 0 Å². The second-order valence-corrected chi connectivity index (χ2v) is 6.33. The van der Waals surface area contributed by atoms with Crippen LogP contribution < -0.4 is 0 Å². The molecule has 116 valence electrons. The summed E-state index contributed by atoms with van der Waals surface area (Å²) in [5.41, 5.74) is 0.876. The molecule has 0 aliphatic carbocycles. The van der Waals surface area contributed by atoms with Crippen molar-refractivity contribution in [2.24, 2.45) is 5.41 Å². The zero-order valence-corrected chi connectivity index (χ0v) is 12.3. The minimum absolute atomic E-state index is 0.0499. The quantitative estimate of drug-likeness (QED) is 0.916. The molecule has 5 heteroatoms. The first-order valence-electron chi connectivity index (χ1n) is 7.42. The van der Waals surface area contributed by atoms with Gasteiger partial charge in [0.1, 0.15) is 5.82 Å². The molecule has 2 aliphatic heterocycles. The third kappa shape index (κ3) is 3.26. The Labute approximate surface area is 124 Å². The van der Waals surface area contributed by atoms with Crippen LogP contribution in [0, 0.1) is 11.2 Å². The molecule has 2 unspecified atom stereocenters. The summed E-state index contributed by atoms with van der Waals surface area (Å²) in [4.78, 5) is 2.32. The smallest absolute Gasteiger partial charge is 0.123 e. The number of aliphatic hydroxyl groups is 1. The van der Waals surface area contributed by atoms with Gasteiger partial charge in [-0.15, -0.1) is 0 Å². The van der Waals surface area contributed by atoms with Gasteiger partial charge in [-0.3, -0.25) is 4.90 Å². The summed E-state index contributed by atoms with van der Waals surface area (Å²) in [5.74, 6) is -0.231.